The Morgan fingerprint density at radius 1 is 1.17 bits per heavy atom. The Bertz CT molecular complexity index is 742. The fourth-order valence-corrected chi connectivity index (χ4v) is 5.46. The Kier molecular flexibility index (Phi) is 4.40. The highest BCUT2D eigenvalue weighted by molar-refractivity contribution is 8.00. The fourth-order valence-electron chi connectivity index (χ4n) is 3.96. The average Bonchev–Trinajstić information content (AvgIpc) is 2.61. The number of rotatable bonds is 3. The van der Waals surface area contributed by atoms with Gasteiger partial charge in [-0.15, -0.1) is 0 Å². The van der Waals surface area contributed by atoms with Gasteiger partial charge in [0.05, 0.1) is 17.2 Å². The zero-order valence-electron chi connectivity index (χ0n) is 13.4. The molecule has 2 aromatic rings. The van der Waals surface area contributed by atoms with Gasteiger partial charge < -0.3 is 0 Å². The maximum Gasteiger partial charge on any atom is 0.261 e. The Balaban J connectivity index is 1.50. The normalized spacial score (nSPS) is 25.4. The van der Waals surface area contributed by atoms with Crippen LogP contribution in [0.15, 0.2) is 35.4 Å². The van der Waals surface area contributed by atoms with Gasteiger partial charge in [0.25, 0.3) is 5.56 Å². The van der Waals surface area contributed by atoms with Crippen molar-refractivity contribution < 1.29 is 0 Å². The first-order valence-corrected chi connectivity index (χ1v) is 9.67. The molecule has 0 N–H and O–H groups in total. The highest BCUT2D eigenvalue weighted by Crippen LogP contribution is 2.35. The lowest BCUT2D eigenvalue weighted by Crippen LogP contribution is -2.50. The van der Waals surface area contributed by atoms with E-state index >= 15 is 0 Å². The van der Waals surface area contributed by atoms with Crippen molar-refractivity contribution in [2.45, 2.75) is 43.5 Å². The SMILES string of the molecule is O=c1c2ccccc2ncn1CCN1CCS[C@H]2CCCC[C@H]21. The van der Waals surface area contributed by atoms with E-state index in [1.165, 1.54) is 31.4 Å². The van der Waals surface area contributed by atoms with Crippen LogP contribution in [-0.2, 0) is 6.54 Å². The van der Waals surface area contributed by atoms with Crippen LogP contribution in [0.4, 0.5) is 0 Å². The van der Waals surface area contributed by atoms with Crippen LogP contribution in [0.1, 0.15) is 25.7 Å². The summed E-state index contributed by atoms with van der Waals surface area (Å²) in [5.74, 6) is 1.23. The third-order valence-corrected chi connectivity index (χ3v) is 6.60. The molecule has 2 aliphatic rings. The summed E-state index contributed by atoms with van der Waals surface area (Å²) in [6.45, 7) is 2.85. The zero-order chi connectivity index (χ0) is 15.6. The van der Waals surface area contributed by atoms with E-state index in [9.17, 15) is 4.79 Å². The number of hydrogen-bond donors (Lipinski definition) is 0. The number of benzene rings is 1. The molecule has 1 aliphatic carbocycles. The van der Waals surface area contributed by atoms with E-state index < -0.39 is 0 Å². The van der Waals surface area contributed by atoms with Gasteiger partial charge in [-0.25, -0.2) is 4.98 Å². The van der Waals surface area contributed by atoms with E-state index in [0.29, 0.717) is 6.04 Å². The van der Waals surface area contributed by atoms with Gasteiger partial charge in [-0.3, -0.25) is 14.3 Å². The molecule has 0 spiro atoms. The Hall–Kier alpha value is -1.33. The fraction of sp³-hybridized carbons (Fsp3) is 0.556. The smallest absolute Gasteiger partial charge is 0.261 e. The van der Waals surface area contributed by atoms with Crippen molar-refractivity contribution >= 4 is 22.7 Å². The number of hydrogen-bond acceptors (Lipinski definition) is 4. The minimum absolute atomic E-state index is 0.0854. The summed E-state index contributed by atoms with van der Waals surface area (Å²) in [4.78, 5) is 19.6. The van der Waals surface area contributed by atoms with Crippen molar-refractivity contribution in [2.24, 2.45) is 0 Å². The molecule has 23 heavy (non-hydrogen) atoms. The molecular formula is C18H23N3OS. The van der Waals surface area contributed by atoms with E-state index in [1.54, 1.807) is 10.9 Å². The number of aromatic nitrogens is 2. The molecule has 0 amide bonds. The molecule has 0 radical (unpaired) electrons. The summed E-state index contributed by atoms with van der Waals surface area (Å²) in [5, 5.41) is 1.53. The second-order valence-corrected chi connectivity index (χ2v) is 7.90. The van der Waals surface area contributed by atoms with Gasteiger partial charge in [0.15, 0.2) is 0 Å². The first-order valence-electron chi connectivity index (χ1n) is 8.63. The molecular weight excluding hydrogens is 306 g/mol. The average molecular weight is 329 g/mol. The molecule has 2 fully saturated rings. The molecule has 1 saturated heterocycles. The van der Waals surface area contributed by atoms with Crippen molar-refractivity contribution in [3.63, 3.8) is 0 Å². The molecule has 0 bridgehead atoms. The monoisotopic (exact) mass is 329 g/mol. The van der Waals surface area contributed by atoms with Crippen LogP contribution in [0.3, 0.4) is 0 Å². The molecule has 2 atom stereocenters. The van der Waals surface area contributed by atoms with Gasteiger partial charge in [0.2, 0.25) is 0 Å². The second kappa shape index (κ2) is 6.65. The molecule has 122 valence electrons. The van der Waals surface area contributed by atoms with Gasteiger partial charge in [-0.1, -0.05) is 25.0 Å². The Morgan fingerprint density at radius 3 is 3.00 bits per heavy atom. The lowest BCUT2D eigenvalue weighted by atomic mass is 9.93. The summed E-state index contributed by atoms with van der Waals surface area (Å²) >= 11 is 2.16. The largest absolute Gasteiger partial charge is 0.297 e. The van der Waals surface area contributed by atoms with Gasteiger partial charge in [0, 0.05) is 36.7 Å². The predicted octanol–water partition coefficient (Wildman–Crippen LogP) is 2.76. The van der Waals surface area contributed by atoms with Crippen molar-refractivity contribution in [2.75, 3.05) is 18.8 Å². The maximum absolute atomic E-state index is 12.6. The number of thioether (sulfide) groups is 1. The lowest BCUT2D eigenvalue weighted by Gasteiger charge is -2.43. The number of fused-ring (bicyclic) bond motifs is 2. The lowest BCUT2D eigenvalue weighted by molar-refractivity contribution is 0.157. The van der Waals surface area contributed by atoms with Crippen LogP contribution in [0.5, 0.6) is 0 Å². The van der Waals surface area contributed by atoms with E-state index in [-0.39, 0.29) is 5.56 Å². The van der Waals surface area contributed by atoms with E-state index in [0.717, 1.165) is 35.8 Å². The highest BCUT2D eigenvalue weighted by Gasteiger charge is 2.33. The summed E-state index contributed by atoms with van der Waals surface area (Å²) in [7, 11) is 0. The van der Waals surface area contributed by atoms with Crippen LogP contribution in [0, 0.1) is 0 Å². The second-order valence-electron chi connectivity index (χ2n) is 6.56. The van der Waals surface area contributed by atoms with Gasteiger partial charge >= 0.3 is 0 Å². The van der Waals surface area contributed by atoms with E-state index in [4.69, 9.17) is 0 Å². The molecule has 1 aromatic heterocycles. The van der Waals surface area contributed by atoms with Gasteiger partial charge in [0.1, 0.15) is 0 Å². The van der Waals surface area contributed by atoms with Crippen molar-refractivity contribution in [3.05, 3.63) is 40.9 Å². The Morgan fingerprint density at radius 2 is 2.04 bits per heavy atom. The number of para-hydroxylation sites is 1. The first-order chi connectivity index (χ1) is 11.3. The standard InChI is InChI=1S/C18H23N3OS/c22-18-14-5-1-2-6-15(14)19-13-21(18)10-9-20-11-12-23-17-8-4-3-7-16(17)20/h1-2,5-6,13,16-17H,3-4,7-12H2/t16-,17+/m1/s1. The molecule has 4 rings (SSSR count). The zero-order valence-corrected chi connectivity index (χ0v) is 14.2. The van der Waals surface area contributed by atoms with E-state index in [2.05, 4.69) is 21.6 Å². The Labute approximate surface area is 140 Å². The van der Waals surface area contributed by atoms with Gasteiger partial charge in [-0.05, 0) is 25.0 Å². The summed E-state index contributed by atoms with van der Waals surface area (Å²) in [6, 6.07) is 8.32. The quantitative estimate of drug-likeness (QED) is 0.868. The third-order valence-electron chi connectivity index (χ3n) is 5.21. The number of nitrogens with zero attached hydrogens (tertiary/aromatic N) is 3. The molecule has 2 heterocycles. The van der Waals surface area contributed by atoms with Crippen LogP contribution >= 0.6 is 11.8 Å². The van der Waals surface area contributed by atoms with Crippen molar-refractivity contribution in [1.29, 1.82) is 0 Å². The predicted molar refractivity (Wildman–Crippen MR) is 96.1 cm³/mol. The summed E-state index contributed by atoms with van der Waals surface area (Å²) in [5.41, 5.74) is 0.873. The molecule has 4 nitrogen and oxygen atoms in total. The molecule has 0 unspecified atom stereocenters. The molecule has 1 saturated carbocycles. The molecule has 5 heteroatoms. The maximum atomic E-state index is 12.6. The van der Waals surface area contributed by atoms with Crippen molar-refractivity contribution in [1.82, 2.24) is 14.5 Å². The molecule has 1 aromatic carbocycles. The topological polar surface area (TPSA) is 38.1 Å². The van der Waals surface area contributed by atoms with Crippen LogP contribution in [0.2, 0.25) is 0 Å². The van der Waals surface area contributed by atoms with Gasteiger partial charge in [-0.2, -0.15) is 11.8 Å². The minimum Gasteiger partial charge on any atom is -0.297 e. The van der Waals surface area contributed by atoms with E-state index in [1.807, 2.05) is 24.3 Å². The first kappa shape index (κ1) is 15.2. The summed E-state index contributed by atoms with van der Waals surface area (Å²) < 4.78 is 1.78. The highest BCUT2D eigenvalue weighted by atomic mass is 32.2. The van der Waals surface area contributed by atoms with Crippen LogP contribution in [-0.4, -0.2) is 44.6 Å². The van der Waals surface area contributed by atoms with Crippen LogP contribution in [0.25, 0.3) is 10.9 Å². The van der Waals surface area contributed by atoms with Crippen LogP contribution < -0.4 is 5.56 Å². The summed E-state index contributed by atoms with van der Waals surface area (Å²) in [6.07, 6.45) is 7.14. The van der Waals surface area contributed by atoms with Crippen molar-refractivity contribution in [3.8, 4) is 0 Å². The third kappa shape index (κ3) is 3.04. The minimum atomic E-state index is 0.0854. The molecule has 1 aliphatic heterocycles.